The molecule has 0 atom stereocenters. The molecule has 0 bridgehead atoms. The number of esters is 1. The van der Waals surface area contributed by atoms with Crippen LogP contribution in [0.15, 0.2) is 52.9 Å². The molecule has 0 aliphatic carbocycles. The molecular formula is C22H22N2O5. The first-order valence-corrected chi connectivity index (χ1v) is 9.59. The van der Waals surface area contributed by atoms with Gasteiger partial charge in [0.2, 0.25) is 0 Å². The van der Waals surface area contributed by atoms with Crippen molar-refractivity contribution in [3.63, 3.8) is 0 Å². The van der Waals surface area contributed by atoms with Crippen molar-refractivity contribution in [2.24, 2.45) is 0 Å². The summed E-state index contributed by atoms with van der Waals surface area (Å²) < 4.78 is 16.2. The van der Waals surface area contributed by atoms with Crippen molar-refractivity contribution in [3.8, 4) is 0 Å². The van der Waals surface area contributed by atoms with Gasteiger partial charge in [-0.2, -0.15) is 0 Å². The van der Waals surface area contributed by atoms with Gasteiger partial charge in [0.1, 0.15) is 5.58 Å². The van der Waals surface area contributed by atoms with Gasteiger partial charge in [-0.05, 0) is 37.3 Å². The molecule has 0 unspecified atom stereocenters. The first kappa shape index (κ1) is 19.0. The third-order valence-corrected chi connectivity index (χ3v) is 4.75. The molecule has 4 rings (SSSR count). The summed E-state index contributed by atoms with van der Waals surface area (Å²) in [6.07, 6.45) is 0. The summed E-state index contributed by atoms with van der Waals surface area (Å²) in [6, 6.07) is 14.4. The number of anilines is 2. The Balaban J connectivity index is 1.60. The molecule has 1 fully saturated rings. The van der Waals surface area contributed by atoms with Gasteiger partial charge in [-0.15, -0.1) is 0 Å². The second kappa shape index (κ2) is 8.36. The lowest BCUT2D eigenvalue weighted by molar-refractivity contribution is 0.0526. The average molecular weight is 394 g/mol. The minimum Gasteiger partial charge on any atom is -0.462 e. The van der Waals surface area contributed by atoms with Crippen LogP contribution in [-0.2, 0) is 9.47 Å². The van der Waals surface area contributed by atoms with Crippen molar-refractivity contribution in [1.82, 2.24) is 0 Å². The van der Waals surface area contributed by atoms with E-state index in [2.05, 4.69) is 10.2 Å². The first-order chi connectivity index (χ1) is 14.2. The van der Waals surface area contributed by atoms with Crippen LogP contribution < -0.4 is 10.2 Å². The van der Waals surface area contributed by atoms with Gasteiger partial charge < -0.3 is 24.1 Å². The van der Waals surface area contributed by atoms with Crippen LogP contribution in [0.5, 0.6) is 0 Å². The number of rotatable bonds is 5. The fourth-order valence-corrected chi connectivity index (χ4v) is 3.35. The van der Waals surface area contributed by atoms with E-state index in [1.54, 1.807) is 25.1 Å². The molecular weight excluding hydrogens is 372 g/mol. The molecule has 3 aromatic rings. The second-order valence-corrected chi connectivity index (χ2v) is 6.65. The van der Waals surface area contributed by atoms with E-state index in [9.17, 15) is 9.59 Å². The molecule has 29 heavy (non-hydrogen) atoms. The number of fused-ring (bicyclic) bond motifs is 1. The second-order valence-electron chi connectivity index (χ2n) is 6.65. The Morgan fingerprint density at radius 2 is 1.90 bits per heavy atom. The van der Waals surface area contributed by atoms with Crippen LogP contribution in [-0.4, -0.2) is 44.8 Å². The normalized spacial score (nSPS) is 14.0. The SMILES string of the molecule is CCOC(=O)c1cc(NC(=O)c2cc3ccccc3o2)ccc1N1CCOCC1. The number of nitrogens with zero attached hydrogens (tertiary/aromatic N) is 1. The summed E-state index contributed by atoms with van der Waals surface area (Å²) in [4.78, 5) is 27.2. The number of ether oxygens (including phenoxy) is 2. The van der Waals surface area contributed by atoms with Crippen molar-refractivity contribution < 1.29 is 23.5 Å². The smallest absolute Gasteiger partial charge is 0.340 e. The number of hydrogen-bond acceptors (Lipinski definition) is 6. The fraction of sp³-hybridized carbons (Fsp3) is 0.273. The summed E-state index contributed by atoms with van der Waals surface area (Å²) in [5, 5.41) is 3.66. The molecule has 2 aromatic carbocycles. The van der Waals surface area contributed by atoms with Crippen molar-refractivity contribution in [3.05, 3.63) is 59.9 Å². The maximum Gasteiger partial charge on any atom is 0.340 e. The van der Waals surface area contributed by atoms with Crippen LogP contribution in [0, 0.1) is 0 Å². The Hall–Kier alpha value is -3.32. The van der Waals surface area contributed by atoms with Gasteiger partial charge in [-0.25, -0.2) is 4.79 Å². The minimum absolute atomic E-state index is 0.209. The van der Waals surface area contributed by atoms with E-state index in [-0.39, 0.29) is 18.3 Å². The predicted molar refractivity (Wildman–Crippen MR) is 110 cm³/mol. The molecule has 1 aliphatic rings. The van der Waals surface area contributed by atoms with E-state index in [1.165, 1.54) is 0 Å². The van der Waals surface area contributed by atoms with E-state index in [0.29, 0.717) is 43.1 Å². The molecule has 7 heteroatoms. The number of para-hydroxylation sites is 1. The van der Waals surface area contributed by atoms with E-state index >= 15 is 0 Å². The van der Waals surface area contributed by atoms with Crippen LogP contribution in [0.25, 0.3) is 11.0 Å². The summed E-state index contributed by atoms with van der Waals surface area (Å²) in [6.45, 7) is 4.63. The van der Waals surface area contributed by atoms with Crippen LogP contribution >= 0.6 is 0 Å². The number of carbonyl (C=O) groups excluding carboxylic acids is 2. The molecule has 0 saturated carbocycles. The van der Waals surface area contributed by atoms with Gasteiger partial charge >= 0.3 is 5.97 Å². The standard InChI is InChI=1S/C22H22N2O5/c1-2-28-22(26)17-14-16(7-8-18(17)24-9-11-27-12-10-24)23-21(25)20-13-15-5-3-4-6-19(15)29-20/h3-8,13-14H,2,9-12H2,1H3,(H,23,25). The molecule has 1 aromatic heterocycles. The molecule has 1 N–H and O–H groups in total. The number of morpholine rings is 1. The lowest BCUT2D eigenvalue weighted by Gasteiger charge is -2.30. The number of benzene rings is 2. The zero-order valence-electron chi connectivity index (χ0n) is 16.1. The maximum absolute atomic E-state index is 12.6. The van der Waals surface area contributed by atoms with E-state index < -0.39 is 5.97 Å². The summed E-state index contributed by atoms with van der Waals surface area (Å²) in [7, 11) is 0. The number of hydrogen-bond donors (Lipinski definition) is 1. The molecule has 1 saturated heterocycles. The molecule has 0 radical (unpaired) electrons. The highest BCUT2D eigenvalue weighted by Crippen LogP contribution is 2.27. The number of amides is 1. The van der Waals surface area contributed by atoms with Gasteiger partial charge in [0.05, 0.1) is 31.1 Å². The Bertz CT molecular complexity index is 1000. The third-order valence-electron chi connectivity index (χ3n) is 4.75. The molecule has 1 amide bonds. The first-order valence-electron chi connectivity index (χ1n) is 9.59. The molecule has 2 heterocycles. The summed E-state index contributed by atoms with van der Waals surface area (Å²) in [5.41, 5.74) is 2.33. The predicted octanol–water partition coefficient (Wildman–Crippen LogP) is 3.70. The monoisotopic (exact) mass is 394 g/mol. The quantitative estimate of drug-likeness (QED) is 0.665. The lowest BCUT2D eigenvalue weighted by Crippen LogP contribution is -2.37. The van der Waals surface area contributed by atoms with Gasteiger partial charge in [0.15, 0.2) is 5.76 Å². The zero-order valence-corrected chi connectivity index (χ0v) is 16.1. The van der Waals surface area contributed by atoms with Gasteiger partial charge in [-0.1, -0.05) is 18.2 Å². The largest absolute Gasteiger partial charge is 0.462 e. The van der Waals surface area contributed by atoms with Crippen LogP contribution in [0.3, 0.4) is 0 Å². The molecule has 150 valence electrons. The van der Waals surface area contributed by atoms with Crippen molar-refractivity contribution in [2.75, 3.05) is 43.1 Å². The average Bonchev–Trinajstić information content (AvgIpc) is 3.19. The van der Waals surface area contributed by atoms with E-state index in [1.807, 2.05) is 30.3 Å². The highest BCUT2D eigenvalue weighted by molar-refractivity contribution is 6.06. The highest BCUT2D eigenvalue weighted by Gasteiger charge is 2.21. The zero-order chi connectivity index (χ0) is 20.2. The summed E-state index contributed by atoms with van der Waals surface area (Å²) in [5.74, 6) is -0.593. The minimum atomic E-state index is -0.422. The molecule has 7 nitrogen and oxygen atoms in total. The van der Waals surface area contributed by atoms with E-state index in [4.69, 9.17) is 13.9 Å². The Morgan fingerprint density at radius 3 is 2.66 bits per heavy atom. The topological polar surface area (TPSA) is 81.0 Å². The number of carbonyl (C=O) groups is 2. The lowest BCUT2D eigenvalue weighted by atomic mass is 10.1. The van der Waals surface area contributed by atoms with Crippen molar-refractivity contribution in [1.29, 1.82) is 0 Å². The van der Waals surface area contributed by atoms with Crippen molar-refractivity contribution >= 4 is 34.2 Å². The highest BCUT2D eigenvalue weighted by atomic mass is 16.5. The number of nitrogens with one attached hydrogen (secondary N) is 1. The summed E-state index contributed by atoms with van der Waals surface area (Å²) >= 11 is 0. The van der Waals surface area contributed by atoms with Gasteiger partial charge in [0.25, 0.3) is 5.91 Å². The number of furan rings is 1. The van der Waals surface area contributed by atoms with E-state index in [0.717, 1.165) is 11.1 Å². The van der Waals surface area contributed by atoms with Crippen LogP contribution in [0.2, 0.25) is 0 Å². The maximum atomic E-state index is 12.6. The Kier molecular flexibility index (Phi) is 5.48. The third kappa shape index (κ3) is 4.09. The van der Waals surface area contributed by atoms with Crippen LogP contribution in [0.1, 0.15) is 27.8 Å². The molecule has 1 aliphatic heterocycles. The Labute approximate surface area is 168 Å². The fourth-order valence-electron chi connectivity index (χ4n) is 3.35. The van der Waals surface area contributed by atoms with Gasteiger partial charge in [-0.3, -0.25) is 4.79 Å². The van der Waals surface area contributed by atoms with Crippen molar-refractivity contribution in [2.45, 2.75) is 6.92 Å². The van der Waals surface area contributed by atoms with Gasteiger partial charge in [0, 0.05) is 24.2 Å². The Morgan fingerprint density at radius 1 is 1.10 bits per heavy atom. The molecule has 0 spiro atoms. The van der Waals surface area contributed by atoms with Crippen LogP contribution in [0.4, 0.5) is 11.4 Å².